The maximum atomic E-state index is 12.8. The lowest BCUT2D eigenvalue weighted by atomic mass is 10.1. The van der Waals surface area contributed by atoms with Crippen molar-refractivity contribution in [1.29, 1.82) is 0 Å². The highest BCUT2D eigenvalue weighted by Crippen LogP contribution is 2.29. The van der Waals surface area contributed by atoms with E-state index in [1.165, 1.54) is 16.4 Å². The molecule has 0 saturated carbocycles. The van der Waals surface area contributed by atoms with Crippen molar-refractivity contribution in [2.24, 2.45) is 5.92 Å². The minimum absolute atomic E-state index is 0.0571. The summed E-state index contributed by atoms with van der Waals surface area (Å²) in [6.07, 6.45) is -0.506. The third-order valence-corrected chi connectivity index (χ3v) is 7.02. The number of benzene rings is 1. The van der Waals surface area contributed by atoms with E-state index in [9.17, 15) is 23.6 Å². The molecule has 0 spiro atoms. The van der Waals surface area contributed by atoms with Crippen molar-refractivity contribution < 1.29 is 18.4 Å². The van der Waals surface area contributed by atoms with Crippen LogP contribution in [-0.2, 0) is 10.0 Å². The highest BCUT2D eigenvalue weighted by Gasteiger charge is 2.30. The summed E-state index contributed by atoms with van der Waals surface area (Å²) in [6, 6.07) is 3.93. The number of piperazine rings is 1. The van der Waals surface area contributed by atoms with Crippen molar-refractivity contribution in [2.75, 3.05) is 58.2 Å². The fourth-order valence-corrected chi connectivity index (χ4v) is 4.76. The Balaban J connectivity index is 1.79. The molecule has 2 unspecified atom stereocenters. The zero-order valence-corrected chi connectivity index (χ0v) is 16.0. The van der Waals surface area contributed by atoms with Gasteiger partial charge in [0.15, 0.2) is 0 Å². The lowest BCUT2D eigenvalue weighted by Gasteiger charge is -2.31. The molecular formula is C16H25N5O5S. The quantitative estimate of drug-likeness (QED) is 0.432. The molecule has 1 aromatic carbocycles. The second-order valence-corrected chi connectivity index (χ2v) is 8.95. The molecule has 2 aliphatic rings. The van der Waals surface area contributed by atoms with Gasteiger partial charge in [-0.25, -0.2) is 8.42 Å². The zero-order valence-electron chi connectivity index (χ0n) is 15.2. The van der Waals surface area contributed by atoms with E-state index in [1.807, 2.05) is 11.9 Å². The van der Waals surface area contributed by atoms with Gasteiger partial charge in [-0.05, 0) is 19.2 Å². The fraction of sp³-hybridized carbons (Fsp3) is 0.625. The van der Waals surface area contributed by atoms with Crippen LogP contribution in [0.15, 0.2) is 23.1 Å². The Kier molecular flexibility index (Phi) is 5.96. The lowest BCUT2D eigenvalue weighted by Crippen LogP contribution is -2.47. The molecule has 0 radical (unpaired) electrons. The molecule has 3 rings (SSSR count). The Bertz CT molecular complexity index is 794. The smallest absolute Gasteiger partial charge is 0.293 e. The van der Waals surface area contributed by atoms with Crippen molar-refractivity contribution in [3.63, 3.8) is 0 Å². The molecule has 0 amide bonds. The number of aliphatic hydroxyl groups is 1. The average molecular weight is 399 g/mol. The van der Waals surface area contributed by atoms with Gasteiger partial charge < -0.3 is 20.6 Å². The summed E-state index contributed by atoms with van der Waals surface area (Å²) in [5.74, 6) is -0.0571. The van der Waals surface area contributed by atoms with Crippen LogP contribution >= 0.6 is 0 Å². The van der Waals surface area contributed by atoms with Crippen molar-refractivity contribution >= 4 is 21.4 Å². The maximum absolute atomic E-state index is 12.8. The van der Waals surface area contributed by atoms with Crippen LogP contribution in [0.2, 0.25) is 0 Å². The number of β-amino-alcohol motifs (C(OH)–C–C–N with tert-alkyl or cyclic N) is 1. The number of nitrogens with zero attached hydrogens (tertiary/aromatic N) is 3. The van der Waals surface area contributed by atoms with Gasteiger partial charge in [-0.15, -0.1) is 0 Å². The number of hydrogen-bond donors (Lipinski definition) is 3. The molecule has 0 bridgehead atoms. The number of anilines is 1. The van der Waals surface area contributed by atoms with Crippen LogP contribution in [-0.4, -0.2) is 86.6 Å². The van der Waals surface area contributed by atoms with Crippen LogP contribution in [0.5, 0.6) is 0 Å². The molecule has 0 aromatic heterocycles. The van der Waals surface area contributed by atoms with Crippen molar-refractivity contribution in [3.05, 3.63) is 28.3 Å². The summed E-state index contributed by atoms with van der Waals surface area (Å²) in [6.45, 7) is 3.45. The van der Waals surface area contributed by atoms with Gasteiger partial charge in [0, 0.05) is 57.8 Å². The summed E-state index contributed by atoms with van der Waals surface area (Å²) < 4.78 is 27.0. The molecular weight excluding hydrogens is 374 g/mol. The number of nitrogens with one attached hydrogen (secondary N) is 2. The van der Waals surface area contributed by atoms with Gasteiger partial charge in [0.05, 0.1) is 15.9 Å². The predicted octanol–water partition coefficient (Wildman–Crippen LogP) is -0.477. The third-order valence-electron chi connectivity index (χ3n) is 5.12. The van der Waals surface area contributed by atoms with Crippen LogP contribution in [0.25, 0.3) is 0 Å². The van der Waals surface area contributed by atoms with Crippen LogP contribution in [0.4, 0.5) is 11.4 Å². The molecule has 2 saturated heterocycles. The molecule has 27 heavy (non-hydrogen) atoms. The fourth-order valence-electron chi connectivity index (χ4n) is 3.32. The first-order chi connectivity index (χ1) is 12.8. The van der Waals surface area contributed by atoms with E-state index in [4.69, 9.17) is 0 Å². The molecule has 11 heteroatoms. The second-order valence-electron chi connectivity index (χ2n) is 7.01. The first-order valence-corrected chi connectivity index (χ1v) is 10.3. The summed E-state index contributed by atoms with van der Waals surface area (Å²) >= 11 is 0. The maximum Gasteiger partial charge on any atom is 0.293 e. The summed E-state index contributed by atoms with van der Waals surface area (Å²) in [4.78, 5) is 12.8. The molecule has 2 aliphatic heterocycles. The zero-order chi connectivity index (χ0) is 19.6. The predicted molar refractivity (Wildman–Crippen MR) is 100 cm³/mol. The lowest BCUT2D eigenvalue weighted by molar-refractivity contribution is -0.384. The van der Waals surface area contributed by atoms with Crippen LogP contribution in [0, 0.1) is 16.0 Å². The van der Waals surface area contributed by atoms with Crippen LogP contribution in [0.1, 0.15) is 0 Å². The minimum atomic E-state index is -3.77. The van der Waals surface area contributed by atoms with Crippen molar-refractivity contribution in [2.45, 2.75) is 11.0 Å². The third kappa shape index (κ3) is 4.38. The van der Waals surface area contributed by atoms with E-state index >= 15 is 0 Å². The second kappa shape index (κ2) is 8.07. The molecule has 3 N–H and O–H groups in total. The van der Waals surface area contributed by atoms with E-state index in [-0.39, 0.29) is 22.2 Å². The normalized spacial score (nSPS) is 24.8. The van der Waals surface area contributed by atoms with E-state index in [0.717, 1.165) is 6.07 Å². The summed E-state index contributed by atoms with van der Waals surface area (Å²) in [5, 5.41) is 27.3. The molecule has 1 aromatic rings. The number of aliphatic hydroxyl groups excluding tert-OH is 1. The van der Waals surface area contributed by atoms with Gasteiger partial charge in [0.1, 0.15) is 5.69 Å². The van der Waals surface area contributed by atoms with Crippen LogP contribution < -0.4 is 10.6 Å². The summed E-state index contributed by atoms with van der Waals surface area (Å²) in [7, 11) is -1.85. The number of sulfonamides is 1. The first-order valence-electron chi connectivity index (χ1n) is 8.89. The van der Waals surface area contributed by atoms with E-state index in [0.29, 0.717) is 45.8 Å². The Morgan fingerprint density at radius 1 is 1.30 bits per heavy atom. The Morgan fingerprint density at radius 2 is 2.00 bits per heavy atom. The van der Waals surface area contributed by atoms with Crippen molar-refractivity contribution in [1.82, 2.24) is 14.5 Å². The highest BCUT2D eigenvalue weighted by molar-refractivity contribution is 7.89. The van der Waals surface area contributed by atoms with Gasteiger partial charge >= 0.3 is 0 Å². The first kappa shape index (κ1) is 20.0. The Morgan fingerprint density at radius 3 is 2.59 bits per heavy atom. The number of nitro benzene ring substituents is 1. The molecule has 2 heterocycles. The Labute approximate surface area is 158 Å². The molecule has 10 nitrogen and oxygen atoms in total. The van der Waals surface area contributed by atoms with Gasteiger partial charge in [0.25, 0.3) is 5.69 Å². The topological polar surface area (TPSA) is 128 Å². The SMILES string of the molecule is CN1CCN(S(=O)(=O)c2ccc(NCC3CNCC3O)c([N+](=O)[O-])c2)CC1. The standard InChI is InChI=1S/C16H25N5O5S/c1-19-4-6-20(7-5-19)27(25,26)13-2-3-14(15(8-13)21(23)24)18-10-12-9-17-11-16(12)22/h2-3,8,12,16-18,22H,4-7,9-11H2,1H3. The number of rotatable bonds is 6. The van der Waals surface area contributed by atoms with E-state index < -0.39 is 21.1 Å². The number of hydrogen-bond acceptors (Lipinski definition) is 8. The van der Waals surface area contributed by atoms with E-state index in [1.54, 1.807) is 0 Å². The summed E-state index contributed by atoms with van der Waals surface area (Å²) in [5.41, 5.74) is -0.0397. The molecule has 150 valence electrons. The Hall–Kier alpha value is -1.79. The van der Waals surface area contributed by atoms with Gasteiger partial charge in [-0.2, -0.15) is 4.31 Å². The van der Waals surface area contributed by atoms with Gasteiger partial charge in [-0.3, -0.25) is 10.1 Å². The molecule has 0 aliphatic carbocycles. The van der Waals surface area contributed by atoms with E-state index in [2.05, 4.69) is 10.6 Å². The molecule has 2 atom stereocenters. The average Bonchev–Trinajstić information content (AvgIpc) is 3.05. The molecule has 2 fully saturated rings. The highest BCUT2D eigenvalue weighted by atomic mass is 32.2. The number of likely N-dealkylation sites (N-methyl/N-ethyl adjacent to an activating group) is 1. The van der Waals surface area contributed by atoms with Crippen molar-refractivity contribution in [3.8, 4) is 0 Å². The number of nitro groups is 1. The monoisotopic (exact) mass is 399 g/mol. The largest absolute Gasteiger partial charge is 0.391 e. The van der Waals surface area contributed by atoms with Crippen LogP contribution in [0.3, 0.4) is 0 Å². The van der Waals surface area contributed by atoms with Gasteiger partial charge in [-0.1, -0.05) is 0 Å². The minimum Gasteiger partial charge on any atom is -0.391 e. The van der Waals surface area contributed by atoms with Gasteiger partial charge in [0.2, 0.25) is 10.0 Å².